The van der Waals surface area contributed by atoms with Crippen LogP contribution in [-0.4, -0.2) is 64.3 Å². The summed E-state index contributed by atoms with van der Waals surface area (Å²) < 4.78 is 13.4. The van der Waals surface area contributed by atoms with E-state index in [2.05, 4.69) is 134 Å². The second-order valence-electron chi connectivity index (χ2n) is 13.1. The molecular weight excluding hydrogens is 570 g/mol. The van der Waals surface area contributed by atoms with Crippen LogP contribution in [0, 0.1) is 0 Å². The predicted molar refractivity (Wildman–Crippen MR) is 181 cm³/mol. The van der Waals surface area contributed by atoms with Crippen molar-refractivity contribution in [3.8, 4) is 11.5 Å². The quantitative estimate of drug-likeness (QED) is 0.212. The van der Waals surface area contributed by atoms with Gasteiger partial charge < -0.3 is 19.3 Å². The first kappa shape index (κ1) is 33.7. The van der Waals surface area contributed by atoms with Gasteiger partial charge in [-0.25, -0.2) is 0 Å². The predicted octanol–water partition coefficient (Wildman–Crippen LogP) is 7.23. The first-order valence-corrected chi connectivity index (χ1v) is 16.3. The van der Waals surface area contributed by atoms with Crippen molar-refractivity contribution < 1.29 is 9.47 Å². The van der Waals surface area contributed by atoms with E-state index in [-0.39, 0.29) is 10.8 Å². The van der Waals surface area contributed by atoms with Gasteiger partial charge in [0.1, 0.15) is 24.7 Å². The Hall–Kier alpha value is -1.81. The number of hydrogen-bond donors (Lipinski definition) is 0. The normalized spacial score (nSPS) is 12.5. The monoisotopic (exact) mass is 616 g/mol. The van der Waals surface area contributed by atoms with Crippen LogP contribution in [-0.2, 0) is 10.8 Å². The molecular formula is C34H47Cl2N2O2P. The van der Waals surface area contributed by atoms with Crippen LogP contribution in [0.4, 0.5) is 0 Å². The van der Waals surface area contributed by atoms with Gasteiger partial charge >= 0.3 is 0 Å². The zero-order valence-corrected chi connectivity index (χ0v) is 28.8. The van der Waals surface area contributed by atoms with Gasteiger partial charge in [0, 0.05) is 44.9 Å². The zero-order chi connectivity index (χ0) is 30.5. The van der Waals surface area contributed by atoms with Crippen LogP contribution in [0.25, 0.3) is 0 Å². The van der Waals surface area contributed by atoms with E-state index < -0.39 is 7.92 Å². The molecule has 224 valence electrons. The van der Waals surface area contributed by atoms with Crippen molar-refractivity contribution in [2.24, 2.45) is 0 Å². The summed E-state index contributed by atoms with van der Waals surface area (Å²) in [6, 6.07) is 18.9. The smallest absolute Gasteiger partial charge is 0.131 e. The van der Waals surface area contributed by atoms with Crippen molar-refractivity contribution in [2.75, 3.05) is 54.5 Å². The molecule has 0 atom stereocenters. The summed E-state index contributed by atoms with van der Waals surface area (Å²) >= 11 is 13.8. The fourth-order valence-corrected chi connectivity index (χ4v) is 7.74. The molecule has 4 nitrogen and oxygen atoms in total. The van der Waals surface area contributed by atoms with Gasteiger partial charge in [0.25, 0.3) is 0 Å². The van der Waals surface area contributed by atoms with Crippen molar-refractivity contribution in [1.29, 1.82) is 0 Å². The first-order valence-electron chi connectivity index (χ1n) is 14.2. The van der Waals surface area contributed by atoms with E-state index in [1.807, 2.05) is 0 Å². The van der Waals surface area contributed by atoms with Gasteiger partial charge in [0.2, 0.25) is 0 Å². The summed E-state index contributed by atoms with van der Waals surface area (Å²) in [4.78, 5) is 4.27. The average Bonchev–Trinajstić information content (AvgIpc) is 2.85. The summed E-state index contributed by atoms with van der Waals surface area (Å²) in [5, 5.41) is 4.72. The van der Waals surface area contributed by atoms with E-state index in [9.17, 15) is 0 Å². The van der Waals surface area contributed by atoms with Crippen molar-refractivity contribution in [2.45, 2.75) is 52.4 Å². The number of likely N-dealkylation sites (N-methyl/N-ethyl adjacent to an activating group) is 2. The average molecular weight is 618 g/mol. The Morgan fingerprint density at radius 2 is 1.02 bits per heavy atom. The van der Waals surface area contributed by atoms with E-state index in [0.29, 0.717) is 23.3 Å². The van der Waals surface area contributed by atoms with Crippen LogP contribution >= 0.6 is 31.1 Å². The highest BCUT2D eigenvalue weighted by Crippen LogP contribution is 2.46. The molecule has 3 aromatic carbocycles. The van der Waals surface area contributed by atoms with Crippen LogP contribution < -0.4 is 25.4 Å². The van der Waals surface area contributed by atoms with Crippen molar-refractivity contribution in [1.82, 2.24) is 9.80 Å². The molecule has 0 fully saturated rings. The highest BCUT2D eigenvalue weighted by atomic mass is 35.5. The molecule has 3 aromatic rings. The topological polar surface area (TPSA) is 24.9 Å². The van der Waals surface area contributed by atoms with Crippen molar-refractivity contribution >= 4 is 47.0 Å². The molecule has 0 spiro atoms. The minimum Gasteiger partial charge on any atom is -0.491 e. The maximum Gasteiger partial charge on any atom is 0.131 e. The summed E-state index contributed by atoms with van der Waals surface area (Å²) in [5.74, 6) is 1.80. The molecule has 7 heteroatoms. The molecule has 0 aliphatic heterocycles. The van der Waals surface area contributed by atoms with Crippen LogP contribution in [0.1, 0.15) is 52.7 Å². The molecule has 0 amide bonds. The highest BCUT2D eigenvalue weighted by molar-refractivity contribution is 7.80. The maximum absolute atomic E-state index is 6.91. The fourth-order valence-electron chi connectivity index (χ4n) is 4.55. The highest BCUT2D eigenvalue weighted by Gasteiger charge is 2.32. The molecule has 3 rings (SSSR count). The lowest BCUT2D eigenvalue weighted by Crippen LogP contribution is -2.30. The van der Waals surface area contributed by atoms with Gasteiger partial charge in [0.15, 0.2) is 0 Å². The Balaban J connectivity index is 2.41. The van der Waals surface area contributed by atoms with Crippen LogP contribution in [0.5, 0.6) is 11.5 Å². The lowest BCUT2D eigenvalue weighted by atomic mass is 9.86. The molecule has 0 aliphatic carbocycles. The Kier molecular flexibility index (Phi) is 11.6. The van der Waals surface area contributed by atoms with E-state index in [1.54, 1.807) is 0 Å². The summed E-state index contributed by atoms with van der Waals surface area (Å²) in [7, 11) is 7.09. The van der Waals surface area contributed by atoms with Crippen molar-refractivity contribution in [3.05, 3.63) is 75.8 Å². The Morgan fingerprint density at radius 3 is 1.37 bits per heavy atom. The molecule has 0 unspecified atom stereocenters. The molecule has 0 saturated carbocycles. The summed E-state index contributed by atoms with van der Waals surface area (Å²) in [6.45, 7) is 16.0. The number of ether oxygens (including phenoxy) is 2. The van der Waals surface area contributed by atoms with Crippen LogP contribution in [0.3, 0.4) is 0 Å². The number of rotatable bonds is 11. The largest absolute Gasteiger partial charge is 0.491 e. The second-order valence-corrected chi connectivity index (χ2v) is 16.1. The van der Waals surface area contributed by atoms with Gasteiger partial charge in [-0.05, 0) is 76.5 Å². The van der Waals surface area contributed by atoms with Crippen LogP contribution in [0.2, 0.25) is 10.0 Å². The summed E-state index contributed by atoms with van der Waals surface area (Å²) in [6.07, 6.45) is 0. The molecule has 0 N–H and O–H groups in total. The number of halogens is 2. The minimum absolute atomic E-state index is 0.180. The van der Waals surface area contributed by atoms with E-state index >= 15 is 0 Å². The third kappa shape index (κ3) is 9.09. The zero-order valence-electron chi connectivity index (χ0n) is 26.4. The molecule has 0 aliphatic rings. The van der Waals surface area contributed by atoms with E-state index in [0.717, 1.165) is 46.3 Å². The molecule has 0 aromatic heterocycles. The van der Waals surface area contributed by atoms with Gasteiger partial charge in [0.05, 0.1) is 0 Å². The van der Waals surface area contributed by atoms with Crippen LogP contribution in [0.15, 0.2) is 54.6 Å². The Bertz CT molecular complexity index is 1220. The molecule has 0 radical (unpaired) electrons. The Labute approximate surface area is 259 Å². The first-order chi connectivity index (χ1) is 19.1. The van der Waals surface area contributed by atoms with Gasteiger partial charge in [-0.1, -0.05) is 95.1 Å². The molecule has 41 heavy (non-hydrogen) atoms. The van der Waals surface area contributed by atoms with Gasteiger partial charge in [-0.2, -0.15) is 0 Å². The molecule has 0 bridgehead atoms. The fraction of sp³-hybridized carbons (Fsp3) is 0.471. The van der Waals surface area contributed by atoms with Crippen molar-refractivity contribution in [3.63, 3.8) is 0 Å². The lowest BCUT2D eigenvalue weighted by molar-refractivity contribution is 0.258. The lowest BCUT2D eigenvalue weighted by Gasteiger charge is -2.32. The third-order valence-electron chi connectivity index (χ3n) is 6.75. The minimum atomic E-state index is -1.16. The number of benzene rings is 3. The summed E-state index contributed by atoms with van der Waals surface area (Å²) in [5.41, 5.74) is 1.83. The number of hydrogen-bond acceptors (Lipinski definition) is 4. The van der Waals surface area contributed by atoms with Gasteiger partial charge in [-0.3, -0.25) is 0 Å². The SMILES string of the molecule is CN(C)CCOc1c(P(c2ccccc2)c2cc(Cl)cc(C(C)(C)C)c2OCCN(C)C)cc(Cl)cc1C(C)(C)C. The second kappa shape index (κ2) is 14.1. The van der Waals surface area contributed by atoms with E-state index in [1.165, 1.54) is 5.30 Å². The Morgan fingerprint density at radius 1 is 0.634 bits per heavy atom. The number of nitrogens with zero attached hydrogens (tertiary/aromatic N) is 2. The maximum atomic E-state index is 6.91. The standard InChI is InChI=1S/C34H47Cl2N2O2P/c1-33(2,3)27-20-24(35)22-29(31(27)39-18-16-37(7)8)41(26-14-12-11-13-15-26)30-23-25(36)21-28(34(4,5)6)32(30)40-19-17-38(9)10/h11-15,20-23H,16-19H2,1-10H3. The third-order valence-corrected chi connectivity index (χ3v) is 9.63. The molecule has 0 heterocycles. The van der Waals surface area contributed by atoms with Gasteiger partial charge in [-0.15, -0.1) is 0 Å². The molecule has 0 saturated heterocycles. The van der Waals surface area contributed by atoms with E-state index in [4.69, 9.17) is 32.7 Å².